The van der Waals surface area contributed by atoms with Crippen molar-refractivity contribution in [3.8, 4) is 0 Å². The summed E-state index contributed by atoms with van der Waals surface area (Å²) in [7, 11) is 0. The maximum absolute atomic E-state index is 5.35. The van der Waals surface area contributed by atoms with Crippen LogP contribution >= 0.6 is 11.7 Å². The molecule has 56 valence electrons. The molecule has 0 atom stereocenters. The van der Waals surface area contributed by atoms with E-state index >= 15 is 0 Å². The fourth-order valence-electron chi connectivity index (χ4n) is 0.746. The molecular weight excluding hydrogens is 146 g/mol. The van der Waals surface area contributed by atoms with E-state index in [4.69, 9.17) is 5.73 Å². The molecule has 0 fully saturated rings. The van der Waals surface area contributed by atoms with Crippen molar-refractivity contribution in [1.29, 1.82) is 0 Å². The van der Waals surface area contributed by atoms with Crippen LogP contribution in [-0.2, 0) is 6.42 Å². The normalized spacial score (nSPS) is 10.2. The SMILES string of the molecule is Cc1nsnc1CCCN. The monoisotopic (exact) mass is 157 g/mol. The van der Waals surface area contributed by atoms with Crippen LogP contribution in [0.4, 0.5) is 0 Å². The third kappa shape index (κ3) is 1.75. The standard InChI is InChI=1S/C6H11N3S/c1-5-6(3-2-4-7)9-10-8-5/h2-4,7H2,1H3. The van der Waals surface area contributed by atoms with Crippen LogP contribution < -0.4 is 5.73 Å². The second kappa shape index (κ2) is 3.63. The fraction of sp³-hybridized carbons (Fsp3) is 0.667. The lowest BCUT2D eigenvalue weighted by molar-refractivity contribution is 0.812. The van der Waals surface area contributed by atoms with Crippen molar-refractivity contribution in [2.75, 3.05) is 6.54 Å². The van der Waals surface area contributed by atoms with Crippen LogP contribution in [-0.4, -0.2) is 15.3 Å². The van der Waals surface area contributed by atoms with Crippen LogP contribution in [0.3, 0.4) is 0 Å². The molecule has 10 heavy (non-hydrogen) atoms. The summed E-state index contributed by atoms with van der Waals surface area (Å²) in [4.78, 5) is 0. The Labute approximate surface area is 64.6 Å². The molecule has 1 aromatic rings. The first-order chi connectivity index (χ1) is 4.84. The Morgan fingerprint density at radius 3 is 2.80 bits per heavy atom. The number of rotatable bonds is 3. The van der Waals surface area contributed by atoms with Gasteiger partial charge in [0.05, 0.1) is 23.1 Å². The third-order valence-corrected chi connectivity index (χ3v) is 2.02. The van der Waals surface area contributed by atoms with Crippen LogP contribution in [0, 0.1) is 6.92 Å². The molecule has 4 heteroatoms. The highest BCUT2D eigenvalue weighted by Crippen LogP contribution is 2.05. The first-order valence-corrected chi connectivity index (χ1v) is 4.05. The Morgan fingerprint density at radius 1 is 1.50 bits per heavy atom. The van der Waals surface area contributed by atoms with Gasteiger partial charge in [-0.3, -0.25) is 0 Å². The van der Waals surface area contributed by atoms with E-state index < -0.39 is 0 Å². The Kier molecular flexibility index (Phi) is 2.77. The summed E-state index contributed by atoms with van der Waals surface area (Å²) < 4.78 is 8.19. The highest BCUT2D eigenvalue weighted by atomic mass is 32.1. The quantitative estimate of drug-likeness (QED) is 0.704. The van der Waals surface area contributed by atoms with E-state index in [0.29, 0.717) is 0 Å². The fourth-order valence-corrected chi connectivity index (χ4v) is 1.34. The number of nitrogens with zero attached hydrogens (tertiary/aromatic N) is 2. The molecule has 0 aliphatic rings. The van der Waals surface area contributed by atoms with E-state index in [1.54, 1.807) is 0 Å². The largest absolute Gasteiger partial charge is 0.330 e. The van der Waals surface area contributed by atoms with Crippen molar-refractivity contribution >= 4 is 11.7 Å². The summed E-state index contributed by atoms with van der Waals surface area (Å²) in [6, 6.07) is 0. The number of hydrogen-bond donors (Lipinski definition) is 1. The zero-order valence-corrected chi connectivity index (χ0v) is 6.82. The number of aromatic nitrogens is 2. The lowest BCUT2D eigenvalue weighted by atomic mass is 10.2. The molecule has 0 saturated heterocycles. The van der Waals surface area contributed by atoms with Gasteiger partial charge in [-0.2, -0.15) is 8.75 Å². The summed E-state index contributed by atoms with van der Waals surface area (Å²) in [6.07, 6.45) is 1.98. The topological polar surface area (TPSA) is 51.8 Å². The minimum Gasteiger partial charge on any atom is -0.330 e. The van der Waals surface area contributed by atoms with E-state index in [-0.39, 0.29) is 0 Å². The molecule has 0 aliphatic heterocycles. The van der Waals surface area contributed by atoms with Gasteiger partial charge in [0.25, 0.3) is 0 Å². The maximum Gasteiger partial charge on any atom is 0.0772 e. The first-order valence-electron chi connectivity index (χ1n) is 3.32. The van der Waals surface area contributed by atoms with E-state index in [1.807, 2.05) is 6.92 Å². The van der Waals surface area contributed by atoms with Crippen molar-refractivity contribution in [3.63, 3.8) is 0 Å². The first kappa shape index (κ1) is 7.63. The predicted octanol–water partition coefficient (Wildman–Crippen LogP) is 0.738. The molecule has 0 spiro atoms. The van der Waals surface area contributed by atoms with Crippen LogP contribution in [0.1, 0.15) is 17.8 Å². The number of nitrogens with two attached hydrogens (primary N) is 1. The molecule has 0 bridgehead atoms. The van der Waals surface area contributed by atoms with Crippen LogP contribution in [0.15, 0.2) is 0 Å². The molecule has 0 aliphatic carbocycles. The molecule has 2 N–H and O–H groups in total. The van der Waals surface area contributed by atoms with E-state index in [9.17, 15) is 0 Å². The van der Waals surface area contributed by atoms with Crippen LogP contribution in [0.2, 0.25) is 0 Å². The van der Waals surface area contributed by atoms with Crippen molar-refractivity contribution < 1.29 is 0 Å². The molecular formula is C6H11N3S. The third-order valence-electron chi connectivity index (χ3n) is 1.36. The molecule has 1 rings (SSSR count). The average molecular weight is 157 g/mol. The predicted molar refractivity (Wildman–Crippen MR) is 42.0 cm³/mol. The molecule has 3 nitrogen and oxygen atoms in total. The maximum atomic E-state index is 5.35. The lowest BCUT2D eigenvalue weighted by Crippen LogP contribution is -2.01. The van der Waals surface area contributed by atoms with Gasteiger partial charge in [-0.05, 0) is 26.3 Å². The molecule has 1 aromatic heterocycles. The van der Waals surface area contributed by atoms with Gasteiger partial charge in [-0.25, -0.2) is 0 Å². The Hall–Kier alpha value is -0.480. The van der Waals surface area contributed by atoms with Gasteiger partial charge in [0.2, 0.25) is 0 Å². The van der Waals surface area contributed by atoms with Gasteiger partial charge in [-0.15, -0.1) is 0 Å². The summed E-state index contributed by atoms with van der Waals surface area (Å²) in [5.74, 6) is 0. The molecule has 0 radical (unpaired) electrons. The summed E-state index contributed by atoms with van der Waals surface area (Å²) in [5.41, 5.74) is 7.51. The van der Waals surface area contributed by atoms with E-state index in [0.717, 1.165) is 30.8 Å². The zero-order chi connectivity index (χ0) is 7.40. The van der Waals surface area contributed by atoms with E-state index in [2.05, 4.69) is 8.75 Å². The Morgan fingerprint density at radius 2 is 2.30 bits per heavy atom. The van der Waals surface area contributed by atoms with Crippen molar-refractivity contribution in [1.82, 2.24) is 8.75 Å². The lowest BCUT2D eigenvalue weighted by Gasteiger charge is -1.92. The minimum absolute atomic E-state index is 0.733. The second-order valence-electron chi connectivity index (χ2n) is 2.19. The van der Waals surface area contributed by atoms with Crippen molar-refractivity contribution in [2.45, 2.75) is 19.8 Å². The van der Waals surface area contributed by atoms with E-state index in [1.165, 1.54) is 11.7 Å². The van der Waals surface area contributed by atoms with Gasteiger partial charge in [0.1, 0.15) is 0 Å². The van der Waals surface area contributed by atoms with Gasteiger partial charge in [0.15, 0.2) is 0 Å². The molecule has 1 heterocycles. The average Bonchev–Trinajstić information content (AvgIpc) is 2.31. The zero-order valence-electron chi connectivity index (χ0n) is 6.00. The van der Waals surface area contributed by atoms with Gasteiger partial charge in [-0.1, -0.05) is 0 Å². The summed E-state index contributed by atoms with van der Waals surface area (Å²) in [6.45, 7) is 2.71. The van der Waals surface area contributed by atoms with Gasteiger partial charge in [0, 0.05) is 0 Å². The van der Waals surface area contributed by atoms with Crippen molar-refractivity contribution in [2.24, 2.45) is 5.73 Å². The molecule has 0 aromatic carbocycles. The van der Waals surface area contributed by atoms with Gasteiger partial charge >= 0.3 is 0 Å². The van der Waals surface area contributed by atoms with Gasteiger partial charge < -0.3 is 5.73 Å². The molecule has 0 unspecified atom stereocenters. The number of hydrogen-bond acceptors (Lipinski definition) is 4. The Balaban J connectivity index is 2.49. The van der Waals surface area contributed by atoms with Crippen LogP contribution in [0.25, 0.3) is 0 Å². The number of aryl methyl sites for hydroxylation is 2. The highest BCUT2D eigenvalue weighted by Gasteiger charge is 2.00. The van der Waals surface area contributed by atoms with Crippen LogP contribution in [0.5, 0.6) is 0 Å². The summed E-state index contributed by atoms with van der Waals surface area (Å²) in [5, 5.41) is 0. The van der Waals surface area contributed by atoms with Crippen molar-refractivity contribution in [3.05, 3.63) is 11.4 Å². The highest BCUT2D eigenvalue weighted by molar-refractivity contribution is 6.99. The minimum atomic E-state index is 0.733. The molecule has 0 saturated carbocycles. The smallest absolute Gasteiger partial charge is 0.0772 e. The Bertz CT molecular complexity index is 197. The summed E-state index contributed by atoms with van der Waals surface area (Å²) >= 11 is 1.28. The molecule has 0 amide bonds. The second-order valence-corrected chi connectivity index (χ2v) is 2.72.